The predicted molar refractivity (Wildman–Crippen MR) is 78.5 cm³/mol. The van der Waals surface area contributed by atoms with Crippen LogP contribution in [0.1, 0.15) is 23.7 Å². The van der Waals surface area contributed by atoms with E-state index in [0.717, 1.165) is 5.75 Å². The summed E-state index contributed by atoms with van der Waals surface area (Å²) in [6.45, 7) is 2.33. The molecule has 0 N–H and O–H groups in total. The first-order valence-corrected chi connectivity index (χ1v) is 6.67. The predicted octanol–water partition coefficient (Wildman–Crippen LogP) is 2.40. The SMILES string of the molecule is COc1ccc(C(=O)CCOC/C=C/COC(C)=O)cc1. The van der Waals surface area contributed by atoms with Gasteiger partial charge in [-0.1, -0.05) is 6.08 Å². The first-order valence-electron chi connectivity index (χ1n) is 6.67. The minimum Gasteiger partial charge on any atom is -0.497 e. The number of methoxy groups -OCH3 is 1. The Morgan fingerprint density at radius 1 is 1.10 bits per heavy atom. The molecule has 0 spiro atoms. The second-order valence-electron chi connectivity index (χ2n) is 4.25. The molecule has 0 aliphatic carbocycles. The van der Waals surface area contributed by atoms with E-state index < -0.39 is 0 Å². The Balaban J connectivity index is 2.17. The van der Waals surface area contributed by atoms with Gasteiger partial charge in [0, 0.05) is 18.9 Å². The van der Waals surface area contributed by atoms with E-state index in [1.807, 2.05) is 0 Å². The van der Waals surface area contributed by atoms with Crippen molar-refractivity contribution in [3.8, 4) is 5.75 Å². The van der Waals surface area contributed by atoms with Crippen molar-refractivity contribution >= 4 is 11.8 Å². The Hall–Kier alpha value is -2.14. The van der Waals surface area contributed by atoms with Gasteiger partial charge in [0.2, 0.25) is 0 Å². The zero-order valence-corrected chi connectivity index (χ0v) is 12.3. The maximum atomic E-state index is 11.9. The van der Waals surface area contributed by atoms with Gasteiger partial charge in [-0.05, 0) is 30.3 Å². The second-order valence-corrected chi connectivity index (χ2v) is 4.25. The average Bonchev–Trinajstić information content (AvgIpc) is 2.49. The van der Waals surface area contributed by atoms with Crippen molar-refractivity contribution in [1.29, 1.82) is 0 Å². The van der Waals surface area contributed by atoms with Crippen molar-refractivity contribution in [3.05, 3.63) is 42.0 Å². The van der Waals surface area contributed by atoms with Gasteiger partial charge in [0.15, 0.2) is 5.78 Å². The molecule has 0 aliphatic rings. The van der Waals surface area contributed by atoms with Crippen LogP contribution in [0.3, 0.4) is 0 Å². The van der Waals surface area contributed by atoms with Crippen LogP contribution in [-0.2, 0) is 14.3 Å². The highest BCUT2D eigenvalue weighted by atomic mass is 16.5. The number of rotatable bonds is 9. The van der Waals surface area contributed by atoms with Gasteiger partial charge in [0.05, 0.1) is 20.3 Å². The Labute approximate surface area is 124 Å². The fourth-order valence-electron chi connectivity index (χ4n) is 1.54. The molecule has 0 aromatic heterocycles. The van der Waals surface area contributed by atoms with Gasteiger partial charge in [0.1, 0.15) is 12.4 Å². The molecular weight excluding hydrogens is 272 g/mol. The molecule has 0 aliphatic heterocycles. The van der Waals surface area contributed by atoms with Gasteiger partial charge in [-0.25, -0.2) is 0 Å². The molecule has 1 rings (SSSR count). The molecular formula is C16H20O5. The maximum absolute atomic E-state index is 11.9. The quantitative estimate of drug-likeness (QED) is 0.303. The maximum Gasteiger partial charge on any atom is 0.302 e. The number of ketones is 1. The van der Waals surface area contributed by atoms with E-state index in [9.17, 15) is 9.59 Å². The first-order chi connectivity index (χ1) is 10.1. The zero-order valence-electron chi connectivity index (χ0n) is 12.3. The van der Waals surface area contributed by atoms with Crippen molar-refractivity contribution in [2.75, 3.05) is 26.9 Å². The van der Waals surface area contributed by atoms with Crippen LogP contribution >= 0.6 is 0 Å². The highest BCUT2D eigenvalue weighted by Gasteiger charge is 2.05. The Bertz CT molecular complexity index is 476. The number of carbonyl (C=O) groups excluding carboxylic acids is 2. The molecule has 0 saturated heterocycles. The van der Waals surface area contributed by atoms with E-state index in [1.165, 1.54) is 6.92 Å². The fraction of sp³-hybridized carbons (Fsp3) is 0.375. The van der Waals surface area contributed by atoms with Gasteiger partial charge < -0.3 is 14.2 Å². The van der Waals surface area contributed by atoms with Crippen LogP contribution in [0.2, 0.25) is 0 Å². The Morgan fingerprint density at radius 2 is 1.76 bits per heavy atom. The van der Waals surface area contributed by atoms with Crippen molar-refractivity contribution in [3.63, 3.8) is 0 Å². The molecule has 114 valence electrons. The van der Waals surface area contributed by atoms with Crippen molar-refractivity contribution < 1.29 is 23.8 Å². The highest BCUT2D eigenvalue weighted by molar-refractivity contribution is 5.96. The molecule has 5 nitrogen and oxygen atoms in total. The van der Waals surface area contributed by atoms with Crippen molar-refractivity contribution in [2.24, 2.45) is 0 Å². The zero-order chi connectivity index (χ0) is 15.5. The molecule has 0 fully saturated rings. The van der Waals surface area contributed by atoms with Crippen LogP contribution < -0.4 is 4.74 Å². The topological polar surface area (TPSA) is 61.8 Å². The summed E-state index contributed by atoms with van der Waals surface area (Å²) in [7, 11) is 1.58. The molecule has 21 heavy (non-hydrogen) atoms. The van der Waals surface area contributed by atoms with Crippen LogP contribution in [-0.4, -0.2) is 38.7 Å². The Kier molecular flexibility index (Phi) is 7.82. The number of hydrogen-bond donors (Lipinski definition) is 0. The fourth-order valence-corrected chi connectivity index (χ4v) is 1.54. The molecule has 0 saturated carbocycles. The summed E-state index contributed by atoms with van der Waals surface area (Å²) < 4.78 is 15.1. The first kappa shape index (κ1) is 16.9. The van der Waals surface area contributed by atoms with Crippen LogP contribution in [0.5, 0.6) is 5.75 Å². The van der Waals surface area contributed by atoms with Crippen molar-refractivity contribution in [1.82, 2.24) is 0 Å². The summed E-state index contributed by atoms with van der Waals surface area (Å²) in [5.41, 5.74) is 0.643. The lowest BCUT2D eigenvalue weighted by Crippen LogP contribution is -2.05. The highest BCUT2D eigenvalue weighted by Crippen LogP contribution is 2.12. The molecule has 0 radical (unpaired) electrons. The third kappa shape index (κ3) is 7.27. The van der Waals surface area contributed by atoms with Gasteiger partial charge >= 0.3 is 5.97 Å². The lowest BCUT2D eigenvalue weighted by atomic mass is 10.1. The molecule has 5 heteroatoms. The number of benzene rings is 1. The molecule has 1 aromatic rings. The Morgan fingerprint density at radius 3 is 2.38 bits per heavy atom. The summed E-state index contributed by atoms with van der Waals surface area (Å²) in [4.78, 5) is 22.4. The normalized spacial score (nSPS) is 10.6. The minimum absolute atomic E-state index is 0.0292. The third-order valence-corrected chi connectivity index (χ3v) is 2.65. The van der Waals surface area contributed by atoms with E-state index in [0.29, 0.717) is 25.2 Å². The monoisotopic (exact) mass is 292 g/mol. The van der Waals surface area contributed by atoms with Gasteiger partial charge in [-0.15, -0.1) is 0 Å². The summed E-state index contributed by atoms with van der Waals surface area (Å²) in [6, 6.07) is 6.98. The van der Waals surface area contributed by atoms with Crippen LogP contribution in [0, 0.1) is 0 Å². The van der Waals surface area contributed by atoms with E-state index >= 15 is 0 Å². The second kappa shape index (κ2) is 9.72. The minimum atomic E-state index is -0.314. The van der Waals surface area contributed by atoms with Gasteiger partial charge in [-0.3, -0.25) is 9.59 Å². The lowest BCUT2D eigenvalue weighted by Gasteiger charge is -2.03. The molecule has 0 amide bonds. The number of carbonyl (C=O) groups is 2. The summed E-state index contributed by atoms with van der Waals surface area (Å²) in [5.74, 6) is 0.438. The number of ether oxygens (including phenoxy) is 3. The standard InChI is InChI=1S/C16H20O5/c1-13(17)21-11-4-3-10-20-12-9-16(18)14-5-7-15(19-2)8-6-14/h3-8H,9-12H2,1-2H3/b4-3+. The van der Waals surface area contributed by atoms with E-state index in [4.69, 9.17) is 14.2 Å². The van der Waals surface area contributed by atoms with Crippen LogP contribution in [0.15, 0.2) is 36.4 Å². The van der Waals surface area contributed by atoms with E-state index in [1.54, 1.807) is 43.5 Å². The molecule has 1 aromatic carbocycles. The van der Waals surface area contributed by atoms with Gasteiger partial charge in [-0.2, -0.15) is 0 Å². The van der Waals surface area contributed by atoms with Crippen LogP contribution in [0.25, 0.3) is 0 Å². The largest absolute Gasteiger partial charge is 0.497 e. The number of Topliss-reactive ketones (excluding diaryl/α,β-unsaturated/α-hetero) is 1. The van der Waals surface area contributed by atoms with Crippen molar-refractivity contribution in [2.45, 2.75) is 13.3 Å². The molecule has 0 unspecified atom stereocenters. The molecule has 0 bridgehead atoms. The summed E-state index contributed by atoms with van der Waals surface area (Å²) >= 11 is 0. The third-order valence-electron chi connectivity index (χ3n) is 2.65. The van der Waals surface area contributed by atoms with E-state index in [2.05, 4.69) is 0 Å². The molecule has 0 heterocycles. The summed E-state index contributed by atoms with van der Waals surface area (Å²) in [5, 5.41) is 0. The van der Waals surface area contributed by atoms with Crippen LogP contribution in [0.4, 0.5) is 0 Å². The smallest absolute Gasteiger partial charge is 0.302 e. The average molecular weight is 292 g/mol. The number of hydrogen-bond acceptors (Lipinski definition) is 5. The van der Waals surface area contributed by atoms with E-state index in [-0.39, 0.29) is 18.4 Å². The number of esters is 1. The molecule has 0 atom stereocenters. The lowest BCUT2D eigenvalue weighted by molar-refractivity contribution is -0.139. The van der Waals surface area contributed by atoms with Gasteiger partial charge in [0.25, 0.3) is 0 Å². The summed E-state index contributed by atoms with van der Waals surface area (Å²) in [6.07, 6.45) is 3.78.